The predicted molar refractivity (Wildman–Crippen MR) is 58.2 cm³/mol. The zero-order valence-corrected chi connectivity index (χ0v) is 8.90. The van der Waals surface area contributed by atoms with Crippen LogP contribution in [0, 0.1) is 11.3 Å². The normalized spacial score (nSPS) is 26.2. The Morgan fingerprint density at radius 1 is 1.29 bits per heavy atom. The molecule has 1 saturated carbocycles. The van der Waals surface area contributed by atoms with Crippen molar-refractivity contribution in [2.45, 2.75) is 26.2 Å². The van der Waals surface area contributed by atoms with Crippen LogP contribution in [0.1, 0.15) is 31.7 Å². The van der Waals surface area contributed by atoms with Crippen molar-refractivity contribution in [3.8, 4) is 0 Å². The van der Waals surface area contributed by atoms with Gasteiger partial charge in [0.05, 0.1) is 0 Å². The maximum atomic E-state index is 9.27. The second-order valence-electron chi connectivity index (χ2n) is 5.01. The SMILES string of the molecule is CC(C)(CO)C1CC1c1ccccc1. The molecule has 0 aliphatic heterocycles. The molecule has 76 valence electrons. The summed E-state index contributed by atoms with van der Waals surface area (Å²) >= 11 is 0. The predicted octanol–water partition coefficient (Wildman–Crippen LogP) is 2.81. The molecule has 0 heterocycles. The van der Waals surface area contributed by atoms with Crippen LogP contribution in [-0.2, 0) is 0 Å². The highest BCUT2D eigenvalue weighted by Crippen LogP contribution is 2.56. The molecule has 2 rings (SSSR count). The van der Waals surface area contributed by atoms with Crippen LogP contribution < -0.4 is 0 Å². The van der Waals surface area contributed by atoms with E-state index in [2.05, 4.69) is 44.2 Å². The van der Waals surface area contributed by atoms with Crippen molar-refractivity contribution in [2.75, 3.05) is 6.61 Å². The molecule has 1 aliphatic rings. The quantitative estimate of drug-likeness (QED) is 0.777. The smallest absolute Gasteiger partial charge is 0.0485 e. The van der Waals surface area contributed by atoms with Gasteiger partial charge in [-0.3, -0.25) is 0 Å². The number of aliphatic hydroxyl groups is 1. The Kier molecular flexibility index (Phi) is 2.36. The van der Waals surface area contributed by atoms with Crippen LogP contribution in [0.5, 0.6) is 0 Å². The van der Waals surface area contributed by atoms with Crippen LogP contribution in [0.2, 0.25) is 0 Å². The maximum absolute atomic E-state index is 9.27. The van der Waals surface area contributed by atoms with E-state index < -0.39 is 0 Å². The van der Waals surface area contributed by atoms with Crippen LogP contribution in [-0.4, -0.2) is 11.7 Å². The molecular formula is C13H18O. The molecule has 1 N–H and O–H groups in total. The fraction of sp³-hybridized carbons (Fsp3) is 0.538. The van der Waals surface area contributed by atoms with Gasteiger partial charge in [-0.15, -0.1) is 0 Å². The van der Waals surface area contributed by atoms with Crippen molar-refractivity contribution in [1.82, 2.24) is 0 Å². The number of benzene rings is 1. The minimum absolute atomic E-state index is 0.0838. The lowest BCUT2D eigenvalue weighted by Crippen LogP contribution is -2.19. The largest absolute Gasteiger partial charge is 0.396 e. The molecule has 0 bridgehead atoms. The molecule has 1 aromatic rings. The molecule has 1 aromatic carbocycles. The molecule has 14 heavy (non-hydrogen) atoms. The summed E-state index contributed by atoms with van der Waals surface area (Å²) in [5.74, 6) is 1.34. The summed E-state index contributed by atoms with van der Waals surface area (Å²) in [5.41, 5.74) is 1.51. The van der Waals surface area contributed by atoms with E-state index in [0.717, 1.165) is 0 Å². The van der Waals surface area contributed by atoms with Crippen molar-refractivity contribution in [3.63, 3.8) is 0 Å². The third kappa shape index (κ3) is 1.69. The van der Waals surface area contributed by atoms with Crippen LogP contribution in [0.15, 0.2) is 30.3 Å². The lowest BCUT2D eigenvalue weighted by Gasteiger charge is -2.21. The Balaban J connectivity index is 2.07. The molecule has 0 saturated heterocycles. The first-order chi connectivity index (χ1) is 6.65. The minimum atomic E-state index is 0.0838. The fourth-order valence-corrected chi connectivity index (χ4v) is 2.24. The van der Waals surface area contributed by atoms with Gasteiger partial charge in [-0.2, -0.15) is 0 Å². The average molecular weight is 190 g/mol. The summed E-state index contributed by atoms with van der Waals surface area (Å²) in [6.07, 6.45) is 1.23. The van der Waals surface area contributed by atoms with Crippen molar-refractivity contribution in [3.05, 3.63) is 35.9 Å². The fourth-order valence-electron chi connectivity index (χ4n) is 2.24. The van der Waals surface area contributed by atoms with Gasteiger partial charge in [-0.25, -0.2) is 0 Å². The maximum Gasteiger partial charge on any atom is 0.0485 e. The summed E-state index contributed by atoms with van der Waals surface area (Å²) in [6.45, 7) is 4.60. The van der Waals surface area contributed by atoms with Gasteiger partial charge in [-0.1, -0.05) is 44.2 Å². The molecular weight excluding hydrogens is 172 g/mol. The van der Waals surface area contributed by atoms with E-state index in [0.29, 0.717) is 18.4 Å². The van der Waals surface area contributed by atoms with Gasteiger partial charge >= 0.3 is 0 Å². The lowest BCUT2D eigenvalue weighted by atomic mass is 9.86. The second-order valence-corrected chi connectivity index (χ2v) is 5.01. The summed E-state index contributed by atoms with van der Waals surface area (Å²) < 4.78 is 0. The van der Waals surface area contributed by atoms with E-state index in [1.165, 1.54) is 12.0 Å². The topological polar surface area (TPSA) is 20.2 Å². The Hall–Kier alpha value is -0.820. The van der Waals surface area contributed by atoms with E-state index in [1.807, 2.05) is 0 Å². The molecule has 1 aliphatic carbocycles. The second kappa shape index (κ2) is 3.39. The third-order valence-electron chi connectivity index (χ3n) is 3.43. The molecule has 1 heteroatoms. The molecule has 2 atom stereocenters. The Morgan fingerprint density at radius 2 is 1.93 bits per heavy atom. The molecule has 0 aromatic heterocycles. The zero-order valence-electron chi connectivity index (χ0n) is 8.90. The van der Waals surface area contributed by atoms with Crippen LogP contribution in [0.25, 0.3) is 0 Å². The molecule has 2 unspecified atom stereocenters. The minimum Gasteiger partial charge on any atom is -0.396 e. The highest BCUT2D eigenvalue weighted by molar-refractivity contribution is 5.26. The van der Waals surface area contributed by atoms with Crippen molar-refractivity contribution < 1.29 is 5.11 Å². The summed E-state index contributed by atoms with van der Waals surface area (Å²) in [6, 6.07) is 10.6. The van der Waals surface area contributed by atoms with Gasteiger partial charge in [-0.05, 0) is 29.2 Å². The van der Waals surface area contributed by atoms with E-state index in [-0.39, 0.29) is 5.41 Å². The highest BCUT2D eigenvalue weighted by Gasteiger charge is 2.47. The van der Waals surface area contributed by atoms with Crippen LogP contribution in [0.3, 0.4) is 0 Å². The summed E-state index contributed by atoms with van der Waals surface area (Å²) in [5, 5.41) is 9.27. The summed E-state index contributed by atoms with van der Waals surface area (Å²) in [4.78, 5) is 0. The van der Waals surface area contributed by atoms with E-state index in [4.69, 9.17) is 0 Å². The Labute approximate surface area is 85.8 Å². The highest BCUT2D eigenvalue weighted by atomic mass is 16.3. The van der Waals surface area contributed by atoms with E-state index in [1.54, 1.807) is 0 Å². The zero-order chi connectivity index (χ0) is 10.2. The van der Waals surface area contributed by atoms with Crippen molar-refractivity contribution in [2.24, 2.45) is 11.3 Å². The molecule has 1 nitrogen and oxygen atoms in total. The summed E-state index contributed by atoms with van der Waals surface area (Å²) in [7, 11) is 0. The number of hydrogen-bond acceptors (Lipinski definition) is 1. The van der Waals surface area contributed by atoms with Crippen molar-refractivity contribution >= 4 is 0 Å². The first kappa shape index (κ1) is 9.72. The Morgan fingerprint density at radius 3 is 2.50 bits per heavy atom. The lowest BCUT2D eigenvalue weighted by molar-refractivity contribution is 0.136. The monoisotopic (exact) mass is 190 g/mol. The van der Waals surface area contributed by atoms with Gasteiger partial charge in [0, 0.05) is 6.61 Å². The molecule has 1 fully saturated rings. The van der Waals surface area contributed by atoms with Gasteiger partial charge in [0.25, 0.3) is 0 Å². The van der Waals surface area contributed by atoms with Gasteiger partial charge in [0.15, 0.2) is 0 Å². The van der Waals surface area contributed by atoms with Crippen LogP contribution in [0.4, 0.5) is 0 Å². The standard InChI is InChI=1S/C13H18O/c1-13(2,9-14)12-8-11(12)10-6-4-3-5-7-10/h3-7,11-12,14H,8-9H2,1-2H3. The number of hydrogen-bond donors (Lipinski definition) is 1. The van der Waals surface area contributed by atoms with Crippen LogP contribution >= 0.6 is 0 Å². The first-order valence-corrected chi connectivity index (χ1v) is 5.31. The first-order valence-electron chi connectivity index (χ1n) is 5.31. The van der Waals surface area contributed by atoms with Crippen molar-refractivity contribution in [1.29, 1.82) is 0 Å². The van der Waals surface area contributed by atoms with E-state index >= 15 is 0 Å². The third-order valence-corrected chi connectivity index (χ3v) is 3.43. The van der Waals surface area contributed by atoms with Gasteiger partial charge < -0.3 is 5.11 Å². The molecule has 0 radical (unpaired) electrons. The molecule has 0 amide bonds. The van der Waals surface area contributed by atoms with Gasteiger partial charge in [0.1, 0.15) is 0 Å². The number of rotatable bonds is 3. The number of aliphatic hydroxyl groups excluding tert-OH is 1. The van der Waals surface area contributed by atoms with Gasteiger partial charge in [0.2, 0.25) is 0 Å². The average Bonchev–Trinajstić information content (AvgIpc) is 2.99. The molecule has 0 spiro atoms. The van der Waals surface area contributed by atoms with E-state index in [9.17, 15) is 5.11 Å². The Bertz CT molecular complexity index is 302.